The van der Waals surface area contributed by atoms with E-state index in [0.29, 0.717) is 11.8 Å². The third-order valence-corrected chi connectivity index (χ3v) is 14.2. The van der Waals surface area contributed by atoms with Crippen LogP contribution in [0.3, 0.4) is 0 Å². The molecule has 0 unspecified atom stereocenters. The summed E-state index contributed by atoms with van der Waals surface area (Å²) in [4.78, 5) is 21.0. The predicted octanol–water partition coefficient (Wildman–Crippen LogP) is 18.6. The van der Waals surface area contributed by atoms with Crippen LogP contribution in [0.25, 0.3) is 145 Å². The standard InChI is InChI=1S/C70H44N4O2/c1-3-13-45(14-4-1)55-17-11-19-57(43-55)59-41-42-60(58-20-12-18-56(44-58)46-15-5-2-6-16-46)68-67(59)73-65(51-33-25-47(26-34-51)49-29-37-53(38-30-49)69-71-61-21-7-9-23-63(61)75-69)66(74-68)52-35-27-48(28-36-52)50-31-39-54(40-32-50)70-72-62-22-8-10-24-64(62)76-70/h1-44H. The lowest BCUT2D eigenvalue weighted by atomic mass is 9.93. The zero-order chi connectivity index (χ0) is 50.4. The van der Waals surface area contributed by atoms with Crippen molar-refractivity contribution in [2.75, 3.05) is 0 Å². The van der Waals surface area contributed by atoms with E-state index in [4.69, 9.17) is 28.8 Å². The molecule has 0 aliphatic carbocycles. The number of fused-ring (bicyclic) bond motifs is 3. The molecule has 3 aromatic heterocycles. The second-order valence-corrected chi connectivity index (χ2v) is 19.0. The Kier molecular flexibility index (Phi) is 11.1. The van der Waals surface area contributed by atoms with Crippen molar-refractivity contribution in [2.24, 2.45) is 0 Å². The van der Waals surface area contributed by atoms with Crippen LogP contribution in [0, 0.1) is 0 Å². The Morgan fingerprint density at radius 2 is 0.513 bits per heavy atom. The lowest BCUT2D eigenvalue weighted by molar-refractivity contribution is 0.619. The minimum atomic E-state index is 0.603. The molecule has 11 aromatic carbocycles. The average Bonchev–Trinajstić information content (AvgIpc) is 4.19. The Morgan fingerprint density at radius 3 is 0.895 bits per heavy atom. The van der Waals surface area contributed by atoms with Gasteiger partial charge in [-0.25, -0.2) is 19.9 Å². The number of nitrogens with zero attached hydrogens (tertiary/aromatic N) is 4. The summed E-state index contributed by atoms with van der Waals surface area (Å²) < 4.78 is 12.2. The lowest BCUT2D eigenvalue weighted by Gasteiger charge is -2.17. The van der Waals surface area contributed by atoms with Gasteiger partial charge in [-0.05, 0) is 116 Å². The number of hydrogen-bond acceptors (Lipinski definition) is 6. The van der Waals surface area contributed by atoms with Crippen molar-refractivity contribution in [2.45, 2.75) is 0 Å². The molecule has 0 N–H and O–H groups in total. The Bertz CT molecular complexity index is 4060. The monoisotopic (exact) mass is 972 g/mol. The molecule has 0 aliphatic rings. The van der Waals surface area contributed by atoms with E-state index in [9.17, 15) is 0 Å². The first-order valence-corrected chi connectivity index (χ1v) is 25.4. The first kappa shape index (κ1) is 44.4. The number of oxazole rings is 2. The van der Waals surface area contributed by atoms with Crippen LogP contribution in [0.4, 0.5) is 0 Å². The molecule has 14 rings (SSSR count). The van der Waals surface area contributed by atoms with E-state index in [0.717, 1.165) is 134 Å². The van der Waals surface area contributed by atoms with Gasteiger partial charge in [0.1, 0.15) is 11.0 Å². The average molecular weight is 973 g/mol. The van der Waals surface area contributed by atoms with Crippen molar-refractivity contribution >= 4 is 33.2 Å². The third-order valence-electron chi connectivity index (χ3n) is 14.2. The summed E-state index contributed by atoms with van der Waals surface area (Å²) in [5.74, 6) is 1.21. The van der Waals surface area contributed by atoms with Crippen LogP contribution >= 0.6 is 0 Å². The fraction of sp³-hybridized carbons (Fsp3) is 0. The van der Waals surface area contributed by atoms with Crippen molar-refractivity contribution in [1.29, 1.82) is 0 Å². The zero-order valence-electron chi connectivity index (χ0n) is 41.0. The number of hydrogen-bond donors (Lipinski definition) is 0. The summed E-state index contributed by atoms with van der Waals surface area (Å²) >= 11 is 0. The fourth-order valence-electron chi connectivity index (χ4n) is 10.2. The van der Waals surface area contributed by atoms with Gasteiger partial charge in [-0.2, -0.15) is 0 Å². The summed E-state index contributed by atoms with van der Waals surface area (Å²) in [7, 11) is 0. The van der Waals surface area contributed by atoms with Crippen LogP contribution in [-0.2, 0) is 0 Å². The Morgan fingerprint density at radius 1 is 0.211 bits per heavy atom. The first-order chi connectivity index (χ1) is 37.6. The van der Waals surface area contributed by atoms with Crippen molar-refractivity contribution in [3.05, 3.63) is 267 Å². The van der Waals surface area contributed by atoms with E-state index < -0.39 is 0 Å². The first-order valence-electron chi connectivity index (χ1n) is 25.4. The topological polar surface area (TPSA) is 77.8 Å². The summed E-state index contributed by atoms with van der Waals surface area (Å²) in [6.07, 6.45) is 0. The maximum atomic E-state index is 6.09. The zero-order valence-corrected chi connectivity index (χ0v) is 41.0. The van der Waals surface area contributed by atoms with Crippen molar-refractivity contribution in [1.82, 2.24) is 19.9 Å². The number of rotatable bonds is 10. The van der Waals surface area contributed by atoms with E-state index in [2.05, 4.69) is 218 Å². The molecule has 0 saturated heterocycles. The van der Waals surface area contributed by atoms with Gasteiger partial charge in [0.15, 0.2) is 11.2 Å². The summed E-state index contributed by atoms with van der Waals surface area (Å²) in [6.45, 7) is 0. The molecule has 6 heteroatoms. The van der Waals surface area contributed by atoms with Gasteiger partial charge in [0.2, 0.25) is 11.8 Å². The van der Waals surface area contributed by atoms with Gasteiger partial charge < -0.3 is 8.83 Å². The maximum absolute atomic E-state index is 6.09. The minimum Gasteiger partial charge on any atom is -0.436 e. The van der Waals surface area contributed by atoms with Gasteiger partial charge in [-0.1, -0.05) is 206 Å². The molecule has 3 heterocycles. The minimum absolute atomic E-state index is 0.603. The third kappa shape index (κ3) is 8.40. The number of para-hydroxylation sites is 4. The van der Waals surface area contributed by atoms with Crippen molar-refractivity contribution < 1.29 is 8.83 Å². The predicted molar refractivity (Wildman–Crippen MR) is 309 cm³/mol. The van der Waals surface area contributed by atoms with Gasteiger partial charge in [-0.15, -0.1) is 0 Å². The highest BCUT2D eigenvalue weighted by atomic mass is 16.4. The molecule has 0 amide bonds. The normalized spacial score (nSPS) is 11.4. The summed E-state index contributed by atoms with van der Waals surface area (Å²) in [6, 6.07) is 92.7. The molecule has 76 heavy (non-hydrogen) atoms. The molecular weight excluding hydrogens is 929 g/mol. The van der Waals surface area contributed by atoms with Crippen LogP contribution in [0.5, 0.6) is 0 Å². The molecule has 0 atom stereocenters. The van der Waals surface area contributed by atoms with Crippen molar-refractivity contribution in [3.63, 3.8) is 0 Å². The molecule has 0 aliphatic heterocycles. The van der Waals surface area contributed by atoms with Crippen LogP contribution in [0.1, 0.15) is 0 Å². The Balaban J connectivity index is 0.906. The molecule has 0 fully saturated rings. The molecule has 0 spiro atoms. The van der Waals surface area contributed by atoms with Crippen LogP contribution in [0.15, 0.2) is 276 Å². The van der Waals surface area contributed by atoms with E-state index >= 15 is 0 Å². The van der Waals surface area contributed by atoms with E-state index in [-0.39, 0.29) is 0 Å². The molecule has 14 aromatic rings. The second kappa shape index (κ2) is 19.0. The van der Waals surface area contributed by atoms with E-state index in [1.165, 1.54) is 0 Å². The van der Waals surface area contributed by atoms with Gasteiger partial charge in [0.25, 0.3) is 0 Å². The van der Waals surface area contributed by atoms with E-state index in [1.54, 1.807) is 0 Å². The number of benzene rings is 11. The quantitative estimate of drug-likeness (QED) is 0.136. The molecule has 356 valence electrons. The smallest absolute Gasteiger partial charge is 0.227 e. The molecule has 0 saturated carbocycles. The second-order valence-electron chi connectivity index (χ2n) is 19.0. The van der Waals surface area contributed by atoms with Crippen LogP contribution in [-0.4, -0.2) is 19.9 Å². The highest BCUT2D eigenvalue weighted by Crippen LogP contribution is 2.41. The Labute approximate surface area is 439 Å². The summed E-state index contributed by atoms with van der Waals surface area (Å²) in [5, 5.41) is 0. The fourth-order valence-corrected chi connectivity index (χ4v) is 10.2. The number of aromatic nitrogens is 4. The SMILES string of the molecule is c1ccc(-c2cccc(-c3ccc(-c4cccc(-c5ccccc5)c4)c4nc(-c5ccc(-c6ccc(-c7nc8ccccc8o7)cc6)cc5)c(-c5ccc(-c6ccc(-c7nc8ccccc8o7)cc6)cc5)nc34)c2)cc1. The molecule has 6 nitrogen and oxygen atoms in total. The van der Waals surface area contributed by atoms with Gasteiger partial charge in [0.05, 0.1) is 22.4 Å². The van der Waals surface area contributed by atoms with Crippen LogP contribution in [0.2, 0.25) is 0 Å². The highest BCUT2D eigenvalue weighted by molar-refractivity contribution is 6.04. The largest absolute Gasteiger partial charge is 0.436 e. The molecule has 0 radical (unpaired) electrons. The maximum Gasteiger partial charge on any atom is 0.227 e. The van der Waals surface area contributed by atoms with Gasteiger partial charge in [0, 0.05) is 33.4 Å². The Hall–Kier alpha value is -10.3. The lowest BCUT2D eigenvalue weighted by Crippen LogP contribution is -1.99. The van der Waals surface area contributed by atoms with E-state index in [1.807, 2.05) is 48.5 Å². The van der Waals surface area contributed by atoms with Crippen molar-refractivity contribution in [3.8, 4) is 112 Å². The van der Waals surface area contributed by atoms with Gasteiger partial charge >= 0.3 is 0 Å². The summed E-state index contributed by atoms with van der Waals surface area (Å²) in [5.41, 5.74) is 23.2. The van der Waals surface area contributed by atoms with Gasteiger partial charge in [-0.3, -0.25) is 0 Å². The molecular formula is C70H44N4O2. The highest BCUT2D eigenvalue weighted by Gasteiger charge is 2.21. The molecule has 0 bridgehead atoms. The van der Waals surface area contributed by atoms with Crippen LogP contribution < -0.4 is 0 Å².